The van der Waals surface area contributed by atoms with Gasteiger partial charge in [0.1, 0.15) is 0 Å². The summed E-state index contributed by atoms with van der Waals surface area (Å²) in [6, 6.07) is 9.84. The second-order valence-electron chi connectivity index (χ2n) is 6.52. The monoisotopic (exact) mass is 258 g/mol. The van der Waals surface area contributed by atoms with Crippen molar-refractivity contribution in [3.8, 4) is 0 Å². The van der Waals surface area contributed by atoms with Crippen LogP contribution in [0.2, 0.25) is 0 Å². The highest BCUT2D eigenvalue weighted by atomic mass is 16.4. The molecule has 0 saturated heterocycles. The number of hydrogen-bond acceptors (Lipinski definition) is 1. The molecular weight excluding hydrogens is 236 g/mol. The highest BCUT2D eigenvalue weighted by molar-refractivity contribution is 5.83. The zero-order valence-corrected chi connectivity index (χ0v) is 11.4. The maximum absolute atomic E-state index is 11.8. The van der Waals surface area contributed by atoms with Crippen LogP contribution in [-0.2, 0) is 10.2 Å². The molecule has 0 amide bonds. The van der Waals surface area contributed by atoms with Crippen LogP contribution in [0.1, 0.15) is 56.9 Å². The topological polar surface area (TPSA) is 37.3 Å². The van der Waals surface area contributed by atoms with Crippen molar-refractivity contribution in [1.82, 2.24) is 0 Å². The van der Waals surface area contributed by atoms with Crippen LogP contribution < -0.4 is 0 Å². The number of benzene rings is 1. The number of carboxylic acids is 1. The molecule has 1 N–H and O–H groups in total. The van der Waals surface area contributed by atoms with E-state index in [0.29, 0.717) is 5.41 Å². The lowest BCUT2D eigenvalue weighted by Gasteiger charge is -2.54. The molecule has 1 aromatic carbocycles. The molecule has 0 heterocycles. The van der Waals surface area contributed by atoms with Crippen LogP contribution in [0.4, 0.5) is 0 Å². The smallest absolute Gasteiger partial charge is 0.314 e. The van der Waals surface area contributed by atoms with Gasteiger partial charge >= 0.3 is 5.97 Å². The minimum atomic E-state index is -0.631. The summed E-state index contributed by atoms with van der Waals surface area (Å²) in [6.07, 6.45) is 9.37. The van der Waals surface area contributed by atoms with Gasteiger partial charge in [0.25, 0.3) is 0 Å². The van der Waals surface area contributed by atoms with Crippen molar-refractivity contribution in [3.05, 3.63) is 35.9 Å². The fraction of sp³-hybridized carbons (Fsp3) is 0.588. The lowest BCUT2D eigenvalue weighted by Crippen LogP contribution is -2.54. The molecule has 0 atom stereocenters. The van der Waals surface area contributed by atoms with E-state index >= 15 is 0 Å². The first-order chi connectivity index (χ1) is 9.17. The van der Waals surface area contributed by atoms with Crippen molar-refractivity contribution < 1.29 is 9.90 Å². The summed E-state index contributed by atoms with van der Waals surface area (Å²) >= 11 is 0. The van der Waals surface area contributed by atoms with E-state index in [4.69, 9.17) is 0 Å². The molecule has 0 unspecified atom stereocenters. The van der Waals surface area contributed by atoms with Gasteiger partial charge in [0.05, 0.1) is 5.41 Å². The SMILES string of the molecule is O=C(O)C1(c2ccccc2)CC2(CCCCCC2)C1. The predicted octanol–water partition coefficient (Wildman–Crippen LogP) is 4.14. The van der Waals surface area contributed by atoms with E-state index < -0.39 is 11.4 Å². The van der Waals surface area contributed by atoms with Crippen molar-refractivity contribution in [2.24, 2.45) is 5.41 Å². The quantitative estimate of drug-likeness (QED) is 0.865. The molecule has 2 aliphatic carbocycles. The van der Waals surface area contributed by atoms with Crippen molar-refractivity contribution >= 4 is 5.97 Å². The number of carbonyl (C=O) groups is 1. The first-order valence-electron chi connectivity index (χ1n) is 7.46. The second-order valence-corrected chi connectivity index (χ2v) is 6.52. The molecule has 2 saturated carbocycles. The molecule has 2 heteroatoms. The molecule has 0 bridgehead atoms. The Morgan fingerprint density at radius 1 is 0.947 bits per heavy atom. The van der Waals surface area contributed by atoms with E-state index in [1.165, 1.54) is 38.5 Å². The Morgan fingerprint density at radius 2 is 1.53 bits per heavy atom. The highest BCUT2D eigenvalue weighted by Gasteiger charge is 2.59. The normalized spacial score (nSPS) is 24.4. The Bertz CT molecular complexity index is 447. The van der Waals surface area contributed by atoms with Gasteiger partial charge in [-0.15, -0.1) is 0 Å². The zero-order valence-electron chi connectivity index (χ0n) is 11.4. The minimum Gasteiger partial charge on any atom is -0.481 e. The van der Waals surface area contributed by atoms with Crippen LogP contribution in [0.25, 0.3) is 0 Å². The average Bonchev–Trinajstić information content (AvgIpc) is 2.62. The maximum atomic E-state index is 11.8. The van der Waals surface area contributed by atoms with E-state index in [1.807, 2.05) is 30.3 Å². The average molecular weight is 258 g/mol. The minimum absolute atomic E-state index is 0.324. The van der Waals surface area contributed by atoms with E-state index in [1.54, 1.807) is 0 Å². The molecule has 0 aliphatic heterocycles. The molecule has 1 spiro atoms. The molecule has 2 aliphatic rings. The molecule has 0 radical (unpaired) electrons. The number of aliphatic carboxylic acids is 1. The van der Waals surface area contributed by atoms with Gasteiger partial charge in [0.2, 0.25) is 0 Å². The molecular formula is C17H22O2. The molecule has 2 nitrogen and oxygen atoms in total. The third-order valence-electron chi connectivity index (χ3n) is 5.25. The van der Waals surface area contributed by atoms with Crippen LogP contribution in [0, 0.1) is 5.41 Å². The lowest BCUT2D eigenvalue weighted by molar-refractivity contribution is -0.155. The van der Waals surface area contributed by atoms with Crippen molar-refractivity contribution in [2.45, 2.75) is 56.8 Å². The Morgan fingerprint density at radius 3 is 2.05 bits per heavy atom. The van der Waals surface area contributed by atoms with Crippen LogP contribution in [0.3, 0.4) is 0 Å². The summed E-state index contributed by atoms with van der Waals surface area (Å²) in [7, 11) is 0. The maximum Gasteiger partial charge on any atom is 0.314 e. The van der Waals surface area contributed by atoms with Crippen molar-refractivity contribution in [2.75, 3.05) is 0 Å². The lowest BCUT2D eigenvalue weighted by atomic mass is 9.48. The third-order valence-corrected chi connectivity index (χ3v) is 5.25. The molecule has 19 heavy (non-hydrogen) atoms. The van der Waals surface area contributed by atoms with Gasteiger partial charge < -0.3 is 5.11 Å². The Balaban J connectivity index is 1.85. The summed E-state index contributed by atoms with van der Waals surface area (Å²) in [5.41, 5.74) is 0.716. The molecule has 102 valence electrons. The zero-order chi connectivity index (χ0) is 13.3. The van der Waals surface area contributed by atoms with Gasteiger partial charge in [-0.3, -0.25) is 4.79 Å². The summed E-state index contributed by atoms with van der Waals surface area (Å²) in [5.74, 6) is -0.631. The number of carboxylic acid groups (broad SMARTS) is 1. The van der Waals surface area contributed by atoms with E-state index in [0.717, 1.165) is 18.4 Å². The van der Waals surface area contributed by atoms with Crippen LogP contribution in [0.15, 0.2) is 30.3 Å². The van der Waals surface area contributed by atoms with Crippen molar-refractivity contribution in [1.29, 1.82) is 0 Å². The Kier molecular flexibility index (Phi) is 3.12. The first-order valence-corrected chi connectivity index (χ1v) is 7.46. The van der Waals surface area contributed by atoms with Gasteiger partial charge in [0, 0.05) is 0 Å². The van der Waals surface area contributed by atoms with Gasteiger partial charge in [-0.05, 0) is 36.7 Å². The summed E-state index contributed by atoms with van der Waals surface area (Å²) in [6.45, 7) is 0. The Labute approximate surface area is 114 Å². The highest BCUT2D eigenvalue weighted by Crippen LogP contribution is 2.61. The fourth-order valence-electron chi connectivity index (χ4n) is 4.30. The number of hydrogen-bond donors (Lipinski definition) is 1. The van der Waals surface area contributed by atoms with E-state index in [2.05, 4.69) is 0 Å². The van der Waals surface area contributed by atoms with E-state index in [-0.39, 0.29) is 0 Å². The van der Waals surface area contributed by atoms with E-state index in [9.17, 15) is 9.90 Å². The van der Waals surface area contributed by atoms with Crippen LogP contribution in [0.5, 0.6) is 0 Å². The first kappa shape index (κ1) is 12.7. The van der Waals surface area contributed by atoms with Crippen LogP contribution >= 0.6 is 0 Å². The Hall–Kier alpha value is -1.31. The van der Waals surface area contributed by atoms with Crippen LogP contribution in [-0.4, -0.2) is 11.1 Å². The fourth-order valence-corrected chi connectivity index (χ4v) is 4.30. The molecule has 1 aromatic rings. The molecule has 3 rings (SSSR count). The predicted molar refractivity (Wildman–Crippen MR) is 75.1 cm³/mol. The molecule has 0 aromatic heterocycles. The van der Waals surface area contributed by atoms with Gasteiger partial charge in [-0.25, -0.2) is 0 Å². The summed E-state index contributed by atoms with van der Waals surface area (Å²) in [4.78, 5) is 11.8. The second kappa shape index (κ2) is 4.66. The molecule has 2 fully saturated rings. The van der Waals surface area contributed by atoms with Gasteiger partial charge in [-0.1, -0.05) is 56.0 Å². The summed E-state index contributed by atoms with van der Waals surface area (Å²) < 4.78 is 0. The van der Waals surface area contributed by atoms with Gasteiger partial charge in [-0.2, -0.15) is 0 Å². The largest absolute Gasteiger partial charge is 0.481 e. The third kappa shape index (κ3) is 2.07. The standard InChI is InChI=1S/C17H22O2/c18-15(19)17(14-8-4-3-5-9-14)12-16(13-17)10-6-1-2-7-11-16/h3-5,8-9H,1-2,6-7,10-13H2,(H,18,19). The number of rotatable bonds is 2. The summed E-state index contributed by atoms with van der Waals surface area (Å²) in [5, 5.41) is 9.72. The van der Waals surface area contributed by atoms with Crippen molar-refractivity contribution in [3.63, 3.8) is 0 Å². The van der Waals surface area contributed by atoms with Gasteiger partial charge in [0.15, 0.2) is 0 Å².